The third-order valence-corrected chi connectivity index (χ3v) is 3.83. The van der Waals surface area contributed by atoms with Gasteiger partial charge in [-0.25, -0.2) is 4.79 Å². The molecule has 0 amide bonds. The van der Waals surface area contributed by atoms with Crippen molar-refractivity contribution in [1.82, 2.24) is 5.06 Å². The molecular weight excluding hydrogens is 256 g/mol. The van der Waals surface area contributed by atoms with Crippen molar-refractivity contribution in [1.29, 1.82) is 0 Å². The zero-order valence-corrected chi connectivity index (χ0v) is 13.8. The van der Waals surface area contributed by atoms with Crippen molar-refractivity contribution >= 4 is 11.8 Å². The first kappa shape index (κ1) is 16.5. The van der Waals surface area contributed by atoms with Crippen LogP contribution < -0.4 is 0 Å². The maximum Gasteiger partial charge on any atom is 0.333 e. The van der Waals surface area contributed by atoms with E-state index < -0.39 is 5.97 Å². The van der Waals surface area contributed by atoms with Crippen LogP contribution in [0.3, 0.4) is 0 Å². The molecule has 0 spiro atoms. The van der Waals surface area contributed by atoms with Gasteiger partial charge < -0.3 is 9.57 Å². The number of nitrogens with zero attached hydrogens (tertiary/aromatic N) is 2. The Morgan fingerprint density at radius 1 is 1.25 bits per heavy atom. The summed E-state index contributed by atoms with van der Waals surface area (Å²) in [4.78, 5) is 21.6. The van der Waals surface area contributed by atoms with Crippen LogP contribution in [0.5, 0.6) is 0 Å². The fourth-order valence-corrected chi connectivity index (χ4v) is 1.83. The lowest BCUT2D eigenvalue weighted by Gasteiger charge is -2.40. The number of carbonyl (C=O) groups excluding carboxylic acids is 1. The van der Waals surface area contributed by atoms with E-state index in [4.69, 9.17) is 9.83 Å². The summed E-state index contributed by atoms with van der Waals surface area (Å²) in [5.41, 5.74) is -0.755. The van der Waals surface area contributed by atoms with Crippen molar-refractivity contribution in [2.45, 2.75) is 59.5 Å². The van der Waals surface area contributed by atoms with Gasteiger partial charge in [-0.05, 0) is 27.7 Å². The third-order valence-electron chi connectivity index (χ3n) is 3.83. The molecule has 5 nitrogen and oxygen atoms in total. The summed E-state index contributed by atoms with van der Waals surface area (Å²) in [6.07, 6.45) is 2.60. The molecule has 0 radical (unpaired) electrons. The zero-order valence-electron chi connectivity index (χ0n) is 13.8. The summed E-state index contributed by atoms with van der Waals surface area (Å²) in [7, 11) is 1.33. The van der Waals surface area contributed by atoms with E-state index in [2.05, 4.69) is 53.2 Å². The number of esters is 1. The Bertz CT molecular complexity index is 443. The molecule has 0 bridgehead atoms. The standard InChI is InChI=1S/C15H26N2O3/c1-13(2,3)12-16-14(4,5)15(6,7)17(12)20-10-9-11(18)19-8/h9-10H,1-8H3/b10-9+. The zero-order chi connectivity index (χ0) is 15.8. The van der Waals surface area contributed by atoms with E-state index in [0.29, 0.717) is 0 Å². The molecule has 0 atom stereocenters. The van der Waals surface area contributed by atoms with E-state index in [1.807, 2.05) is 0 Å². The topological polar surface area (TPSA) is 51.1 Å². The summed E-state index contributed by atoms with van der Waals surface area (Å²) < 4.78 is 4.55. The van der Waals surface area contributed by atoms with Gasteiger partial charge in [-0.15, -0.1) is 0 Å². The second-order valence-electron chi connectivity index (χ2n) is 7.03. The SMILES string of the molecule is COC(=O)/C=C/ON1C(C(C)(C)C)=NC(C)(C)C1(C)C. The highest BCUT2D eigenvalue weighted by Crippen LogP contribution is 2.41. The molecule has 0 aromatic heterocycles. The summed E-state index contributed by atoms with van der Waals surface area (Å²) in [5.74, 6) is 0.414. The summed E-state index contributed by atoms with van der Waals surface area (Å²) in [6.45, 7) is 14.6. The minimum absolute atomic E-state index is 0.149. The molecule has 1 aliphatic rings. The Morgan fingerprint density at radius 3 is 2.25 bits per heavy atom. The summed E-state index contributed by atoms with van der Waals surface area (Å²) >= 11 is 0. The van der Waals surface area contributed by atoms with Crippen molar-refractivity contribution in [2.24, 2.45) is 10.4 Å². The van der Waals surface area contributed by atoms with Crippen molar-refractivity contribution in [3.05, 3.63) is 12.3 Å². The van der Waals surface area contributed by atoms with Crippen molar-refractivity contribution < 1.29 is 14.4 Å². The predicted molar refractivity (Wildman–Crippen MR) is 79.1 cm³/mol. The van der Waals surface area contributed by atoms with Crippen LogP contribution in [0, 0.1) is 5.41 Å². The Labute approximate surface area is 121 Å². The Kier molecular flexibility index (Phi) is 4.22. The largest absolute Gasteiger partial charge is 0.466 e. The van der Waals surface area contributed by atoms with Crippen LogP contribution in [0.1, 0.15) is 48.5 Å². The quantitative estimate of drug-likeness (QED) is 0.454. The van der Waals surface area contributed by atoms with Gasteiger partial charge in [-0.1, -0.05) is 20.8 Å². The van der Waals surface area contributed by atoms with Gasteiger partial charge in [-0.2, -0.15) is 5.06 Å². The highest BCUT2D eigenvalue weighted by atomic mass is 16.7. The normalized spacial score (nSPS) is 21.0. The lowest BCUT2D eigenvalue weighted by molar-refractivity contribution is -0.136. The van der Waals surface area contributed by atoms with Crippen molar-refractivity contribution in [2.75, 3.05) is 7.11 Å². The molecule has 0 aromatic rings. The molecule has 0 N–H and O–H groups in total. The molecule has 1 heterocycles. The minimum Gasteiger partial charge on any atom is -0.466 e. The van der Waals surface area contributed by atoms with Gasteiger partial charge in [0.15, 0.2) is 0 Å². The third kappa shape index (κ3) is 2.97. The fourth-order valence-electron chi connectivity index (χ4n) is 1.83. The molecule has 0 fully saturated rings. The molecule has 1 rings (SSSR count). The molecule has 1 aliphatic heterocycles. The second-order valence-corrected chi connectivity index (χ2v) is 7.03. The number of hydroxylamine groups is 2. The van der Waals surface area contributed by atoms with Crippen LogP contribution in [-0.4, -0.2) is 35.1 Å². The van der Waals surface area contributed by atoms with Crippen LogP contribution in [0.25, 0.3) is 0 Å². The lowest BCUT2D eigenvalue weighted by Crippen LogP contribution is -2.53. The van der Waals surface area contributed by atoms with Crippen molar-refractivity contribution in [3.8, 4) is 0 Å². The van der Waals surface area contributed by atoms with Crippen LogP contribution in [0.15, 0.2) is 17.3 Å². The summed E-state index contributed by atoms with van der Waals surface area (Å²) in [6, 6.07) is 0. The van der Waals surface area contributed by atoms with E-state index in [1.165, 1.54) is 19.4 Å². The van der Waals surface area contributed by atoms with E-state index >= 15 is 0 Å². The molecule has 114 valence electrons. The van der Waals surface area contributed by atoms with Gasteiger partial charge >= 0.3 is 5.97 Å². The smallest absolute Gasteiger partial charge is 0.333 e. The molecule has 0 aromatic carbocycles. The molecule has 5 heteroatoms. The number of amidine groups is 1. The van der Waals surface area contributed by atoms with E-state index in [0.717, 1.165) is 5.84 Å². The number of rotatable bonds is 3. The molecule has 0 saturated carbocycles. The monoisotopic (exact) mass is 282 g/mol. The average molecular weight is 282 g/mol. The van der Waals surface area contributed by atoms with Gasteiger partial charge in [0, 0.05) is 5.41 Å². The maximum absolute atomic E-state index is 11.1. The number of ether oxygens (including phenoxy) is 1. The first-order valence-corrected chi connectivity index (χ1v) is 6.75. The highest BCUT2D eigenvalue weighted by Gasteiger charge is 2.52. The molecule has 20 heavy (non-hydrogen) atoms. The lowest BCUT2D eigenvalue weighted by atomic mass is 9.84. The number of hydrogen-bond donors (Lipinski definition) is 0. The first-order valence-electron chi connectivity index (χ1n) is 6.75. The van der Waals surface area contributed by atoms with Crippen molar-refractivity contribution in [3.63, 3.8) is 0 Å². The van der Waals surface area contributed by atoms with E-state index in [1.54, 1.807) is 5.06 Å². The van der Waals surface area contributed by atoms with Gasteiger partial charge in [0.1, 0.15) is 12.1 Å². The molecular formula is C15H26N2O3. The Balaban J connectivity index is 3.04. The van der Waals surface area contributed by atoms with Gasteiger partial charge in [-0.3, -0.25) is 4.99 Å². The average Bonchev–Trinajstić information content (AvgIpc) is 2.47. The maximum atomic E-state index is 11.1. The fraction of sp³-hybridized carbons (Fsp3) is 0.733. The second kappa shape index (κ2) is 5.11. The number of hydrogen-bond acceptors (Lipinski definition) is 5. The van der Waals surface area contributed by atoms with Crippen LogP contribution in [-0.2, 0) is 14.4 Å². The van der Waals surface area contributed by atoms with E-state index in [9.17, 15) is 4.79 Å². The summed E-state index contributed by atoms with van der Waals surface area (Å²) in [5, 5.41) is 1.78. The van der Waals surface area contributed by atoms with Gasteiger partial charge in [0.25, 0.3) is 0 Å². The highest BCUT2D eigenvalue weighted by molar-refractivity contribution is 5.89. The Morgan fingerprint density at radius 2 is 1.80 bits per heavy atom. The number of carbonyl (C=O) groups is 1. The molecule has 0 aliphatic carbocycles. The van der Waals surface area contributed by atoms with Crippen LogP contribution in [0.4, 0.5) is 0 Å². The van der Waals surface area contributed by atoms with Gasteiger partial charge in [0.2, 0.25) is 0 Å². The Hall–Kier alpha value is -1.52. The van der Waals surface area contributed by atoms with Crippen LogP contribution >= 0.6 is 0 Å². The molecule has 0 unspecified atom stereocenters. The van der Waals surface area contributed by atoms with E-state index in [-0.39, 0.29) is 16.5 Å². The first-order chi connectivity index (χ1) is 8.93. The predicted octanol–water partition coefficient (Wildman–Crippen LogP) is 2.92. The van der Waals surface area contributed by atoms with Crippen LogP contribution in [0.2, 0.25) is 0 Å². The van der Waals surface area contributed by atoms with Gasteiger partial charge in [0.05, 0.1) is 24.3 Å². The number of aliphatic imine (C=N–C) groups is 1. The molecule has 0 saturated heterocycles. The minimum atomic E-state index is -0.449. The number of methoxy groups -OCH3 is 1.